The minimum atomic E-state index is -0.567. The van der Waals surface area contributed by atoms with Gasteiger partial charge in [0.2, 0.25) is 0 Å². The summed E-state index contributed by atoms with van der Waals surface area (Å²) < 4.78 is 23.7. The van der Waals surface area contributed by atoms with E-state index in [1.807, 2.05) is 0 Å². The van der Waals surface area contributed by atoms with Crippen LogP contribution in [0.4, 0.5) is 4.39 Å². The summed E-state index contributed by atoms with van der Waals surface area (Å²) in [6.07, 6.45) is 0.146. The molecule has 2 aromatic carbocycles. The molecular formula is C16H15FO3. The average molecular weight is 274 g/mol. The third-order valence-corrected chi connectivity index (χ3v) is 3.00. The monoisotopic (exact) mass is 274 g/mol. The Hall–Kier alpha value is -2.36. The van der Waals surface area contributed by atoms with Crippen LogP contribution in [0.5, 0.6) is 11.5 Å². The topological polar surface area (TPSA) is 35.5 Å². The zero-order valence-electron chi connectivity index (χ0n) is 11.4. The van der Waals surface area contributed by atoms with Gasteiger partial charge in [0.15, 0.2) is 5.78 Å². The van der Waals surface area contributed by atoms with E-state index in [4.69, 9.17) is 9.47 Å². The van der Waals surface area contributed by atoms with E-state index < -0.39 is 5.82 Å². The van der Waals surface area contributed by atoms with E-state index in [1.54, 1.807) is 37.4 Å². The number of halogens is 1. The Labute approximate surface area is 117 Å². The van der Waals surface area contributed by atoms with Crippen LogP contribution in [0.25, 0.3) is 0 Å². The quantitative estimate of drug-likeness (QED) is 0.785. The third kappa shape index (κ3) is 3.15. The van der Waals surface area contributed by atoms with Gasteiger partial charge in [-0.05, 0) is 29.8 Å². The van der Waals surface area contributed by atoms with Crippen LogP contribution in [0, 0.1) is 5.82 Å². The summed E-state index contributed by atoms with van der Waals surface area (Å²) in [4.78, 5) is 12.1. The minimum Gasteiger partial charge on any atom is -0.497 e. The molecule has 2 rings (SSSR count). The fraction of sp³-hybridized carbons (Fsp3) is 0.188. The molecule has 0 aliphatic rings. The second-order valence-electron chi connectivity index (χ2n) is 4.29. The molecule has 0 fully saturated rings. The highest BCUT2D eigenvalue weighted by Gasteiger charge is 2.13. The zero-order valence-corrected chi connectivity index (χ0v) is 11.4. The van der Waals surface area contributed by atoms with E-state index in [0.717, 1.165) is 11.3 Å². The van der Waals surface area contributed by atoms with E-state index in [2.05, 4.69) is 0 Å². The van der Waals surface area contributed by atoms with E-state index in [-0.39, 0.29) is 17.8 Å². The van der Waals surface area contributed by atoms with Gasteiger partial charge in [0.05, 0.1) is 19.8 Å². The van der Waals surface area contributed by atoms with Crippen LogP contribution in [0.3, 0.4) is 0 Å². The van der Waals surface area contributed by atoms with Gasteiger partial charge in [0.1, 0.15) is 17.3 Å². The van der Waals surface area contributed by atoms with Crippen molar-refractivity contribution in [3.05, 3.63) is 59.4 Å². The predicted molar refractivity (Wildman–Crippen MR) is 74.0 cm³/mol. The van der Waals surface area contributed by atoms with E-state index in [0.29, 0.717) is 5.75 Å². The molecule has 0 saturated carbocycles. The number of carbonyl (C=O) groups is 1. The summed E-state index contributed by atoms with van der Waals surface area (Å²) in [6.45, 7) is 0. The lowest BCUT2D eigenvalue weighted by Crippen LogP contribution is -2.06. The predicted octanol–water partition coefficient (Wildman–Crippen LogP) is 3.27. The number of methoxy groups -OCH3 is 2. The molecule has 0 N–H and O–H groups in total. The van der Waals surface area contributed by atoms with E-state index in [1.165, 1.54) is 19.2 Å². The standard InChI is InChI=1S/C16H15FO3/c1-19-12-5-3-11(4-6-12)9-16(18)14-8-7-13(20-2)10-15(14)17/h3-8,10H,9H2,1-2H3. The largest absolute Gasteiger partial charge is 0.497 e. The Balaban J connectivity index is 2.14. The molecule has 0 bridgehead atoms. The number of rotatable bonds is 5. The molecule has 20 heavy (non-hydrogen) atoms. The molecule has 0 radical (unpaired) electrons. The molecule has 3 nitrogen and oxygen atoms in total. The highest BCUT2D eigenvalue weighted by atomic mass is 19.1. The Morgan fingerprint density at radius 3 is 2.15 bits per heavy atom. The van der Waals surface area contributed by atoms with Crippen LogP contribution >= 0.6 is 0 Å². The molecule has 0 atom stereocenters. The van der Waals surface area contributed by atoms with Gasteiger partial charge in [-0.15, -0.1) is 0 Å². The van der Waals surface area contributed by atoms with Gasteiger partial charge in [0, 0.05) is 12.5 Å². The Kier molecular flexibility index (Phi) is 4.35. The fourth-order valence-corrected chi connectivity index (χ4v) is 1.87. The van der Waals surface area contributed by atoms with Crippen molar-refractivity contribution in [3.63, 3.8) is 0 Å². The normalized spacial score (nSPS) is 10.2. The molecule has 0 aromatic heterocycles. The van der Waals surface area contributed by atoms with Crippen LogP contribution in [0.1, 0.15) is 15.9 Å². The fourth-order valence-electron chi connectivity index (χ4n) is 1.87. The highest BCUT2D eigenvalue weighted by molar-refractivity contribution is 5.97. The first-order chi connectivity index (χ1) is 9.63. The van der Waals surface area contributed by atoms with Crippen LogP contribution in [-0.2, 0) is 6.42 Å². The molecule has 0 saturated heterocycles. The molecule has 0 aliphatic heterocycles. The van der Waals surface area contributed by atoms with Crippen molar-refractivity contribution in [2.45, 2.75) is 6.42 Å². The number of hydrogen-bond acceptors (Lipinski definition) is 3. The van der Waals surface area contributed by atoms with Crippen molar-refractivity contribution in [2.75, 3.05) is 14.2 Å². The van der Waals surface area contributed by atoms with Gasteiger partial charge in [-0.2, -0.15) is 0 Å². The Morgan fingerprint density at radius 1 is 1.00 bits per heavy atom. The first-order valence-electron chi connectivity index (χ1n) is 6.13. The lowest BCUT2D eigenvalue weighted by molar-refractivity contribution is 0.0989. The number of ether oxygens (including phenoxy) is 2. The molecule has 4 heteroatoms. The van der Waals surface area contributed by atoms with E-state index in [9.17, 15) is 9.18 Å². The summed E-state index contributed by atoms with van der Waals surface area (Å²) in [5.41, 5.74) is 0.882. The SMILES string of the molecule is COc1ccc(CC(=O)c2ccc(OC)cc2F)cc1. The molecule has 0 unspecified atom stereocenters. The molecule has 0 amide bonds. The molecular weight excluding hydrogens is 259 g/mol. The van der Waals surface area contributed by atoms with Gasteiger partial charge in [-0.3, -0.25) is 4.79 Å². The minimum absolute atomic E-state index is 0.0709. The van der Waals surface area contributed by atoms with Gasteiger partial charge in [-0.1, -0.05) is 12.1 Å². The summed E-state index contributed by atoms with van der Waals surface area (Å²) in [7, 11) is 3.03. The Morgan fingerprint density at radius 2 is 1.60 bits per heavy atom. The lowest BCUT2D eigenvalue weighted by atomic mass is 10.0. The van der Waals surface area contributed by atoms with Crippen molar-refractivity contribution in [3.8, 4) is 11.5 Å². The smallest absolute Gasteiger partial charge is 0.170 e. The average Bonchev–Trinajstić information content (AvgIpc) is 2.47. The summed E-state index contributed by atoms with van der Waals surface area (Å²) >= 11 is 0. The summed E-state index contributed by atoms with van der Waals surface area (Å²) in [5.74, 6) is 0.276. The van der Waals surface area contributed by atoms with Crippen molar-refractivity contribution >= 4 is 5.78 Å². The van der Waals surface area contributed by atoms with Crippen LogP contribution in [0.15, 0.2) is 42.5 Å². The van der Waals surface area contributed by atoms with Gasteiger partial charge in [0.25, 0.3) is 0 Å². The molecule has 0 heterocycles. The van der Waals surface area contributed by atoms with Crippen LogP contribution < -0.4 is 9.47 Å². The van der Waals surface area contributed by atoms with Gasteiger partial charge < -0.3 is 9.47 Å². The first kappa shape index (κ1) is 14.1. The highest BCUT2D eigenvalue weighted by Crippen LogP contribution is 2.19. The van der Waals surface area contributed by atoms with Crippen molar-refractivity contribution < 1.29 is 18.7 Å². The first-order valence-corrected chi connectivity index (χ1v) is 6.13. The summed E-state index contributed by atoms with van der Waals surface area (Å²) in [6, 6.07) is 11.3. The number of ketones is 1. The number of benzene rings is 2. The summed E-state index contributed by atoms with van der Waals surface area (Å²) in [5, 5.41) is 0. The van der Waals surface area contributed by atoms with Crippen molar-refractivity contribution in [1.29, 1.82) is 0 Å². The number of hydrogen-bond donors (Lipinski definition) is 0. The molecule has 104 valence electrons. The van der Waals surface area contributed by atoms with Crippen LogP contribution in [-0.4, -0.2) is 20.0 Å². The van der Waals surface area contributed by atoms with Crippen molar-refractivity contribution in [1.82, 2.24) is 0 Å². The third-order valence-electron chi connectivity index (χ3n) is 3.00. The van der Waals surface area contributed by atoms with E-state index >= 15 is 0 Å². The maximum Gasteiger partial charge on any atom is 0.170 e. The molecule has 0 aliphatic carbocycles. The Bertz CT molecular complexity index is 606. The molecule has 0 spiro atoms. The van der Waals surface area contributed by atoms with Gasteiger partial charge in [-0.25, -0.2) is 4.39 Å². The second kappa shape index (κ2) is 6.19. The van der Waals surface area contributed by atoms with Crippen LogP contribution in [0.2, 0.25) is 0 Å². The zero-order chi connectivity index (χ0) is 14.5. The number of Topliss-reactive ketones (excluding diaryl/α,β-unsaturated/α-hetero) is 1. The van der Waals surface area contributed by atoms with Crippen molar-refractivity contribution in [2.24, 2.45) is 0 Å². The maximum atomic E-state index is 13.8. The second-order valence-corrected chi connectivity index (χ2v) is 4.29. The number of carbonyl (C=O) groups excluding carboxylic acids is 1. The molecule has 2 aromatic rings. The maximum absolute atomic E-state index is 13.8. The van der Waals surface area contributed by atoms with Gasteiger partial charge >= 0.3 is 0 Å². The lowest BCUT2D eigenvalue weighted by Gasteiger charge is -2.06.